The fourth-order valence-corrected chi connectivity index (χ4v) is 2.49. The van der Waals surface area contributed by atoms with Crippen molar-refractivity contribution in [2.75, 3.05) is 13.2 Å². The lowest BCUT2D eigenvalue weighted by Gasteiger charge is -2.05. The molecule has 0 radical (unpaired) electrons. The van der Waals surface area contributed by atoms with Crippen LogP contribution < -0.4 is 5.32 Å². The van der Waals surface area contributed by atoms with Gasteiger partial charge in [-0.1, -0.05) is 18.5 Å². The van der Waals surface area contributed by atoms with Crippen molar-refractivity contribution < 1.29 is 14.3 Å². The van der Waals surface area contributed by atoms with E-state index in [4.69, 9.17) is 16.3 Å². The molecule has 1 N–H and O–H groups in total. The van der Waals surface area contributed by atoms with Gasteiger partial charge in [-0.15, -0.1) is 11.3 Å². The average molecular weight is 304 g/mol. The lowest BCUT2D eigenvalue weighted by molar-refractivity contribution is -0.143. The summed E-state index contributed by atoms with van der Waals surface area (Å²) in [5, 5.41) is 2.70. The third-order valence-electron chi connectivity index (χ3n) is 2.35. The van der Waals surface area contributed by atoms with E-state index in [1.54, 1.807) is 0 Å². The summed E-state index contributed by atoms with van der Waals surface area (Å²) in [4.78, 5) is 23.8. The van der Waals surface area contributed by atoms with Crippen LogP contribution in [-0.2, 0) is 20.7 Å². The highest BCUT2D eigenvalue weighted by atomic mass is 35.5. The highest BCUT2D eigenvalue weighted by Crippen LogP contribution is 2.22. The number of esters is 1. The molecule has 6 heteroatoms. The van der Waals surface area contributed by atoms with Gasteiger partial charge in [0.25, 0.3) is 0 Å². The van der Waals surface area contributed by atoms with Crippen molar-refractivity contribution in [1.29, 1.82) is 0 Å². The average Bonchev–Trinajstić information content (AvgIpc) is 2.80. The topological polar surface area (TPSA) is 55.4 Å². The summed E-state index contributed by atoms with van der Waals surface area (Å²) in [7, 11) is 0. The zero-order valence-electron chi connectivity index (χ0n) is 10.9. The Morgan fingerprint density at radius 2 is 2.16 bits per heavy atom. The first kappa shape index (κ1) is 16.0. The smallest absolute Gasteiger partial charge is 0.307 e. The quantitative estimate of drug-likeness (QED) is 0.751. The minimum atomic E-state index is -0.271. The van der Waals surface area contributed by atoms with Crippen LogP contribution in [0.5, 0.6) is 0 Å². The third kappa shape index (κ3) is 7.18. The Labute approximate surface area is 122 Å². The lowest BCUT2D eigenvalue weighted by atomic mass is 10.2. The first-order valence-electron chi connectivity index (χ1n) is 6.28. The van der Waals surface area contributed by atoms with E-state index in [0.717, 1.165) is 15.6 Å². The van der Waals surface area contributed by atoms with E-state index >= 15 is 0 Å². The summed E-state index contributed by atoms with van der Waals surface area (Å²) in [5.41, 5.74) is 0. The molecule has 0 atom stereocenters. The number of aryl methyl sites for hydroxylation is 1. The molecule has 1 amide bonds. The van der Waals surface area contributed by atoms with Gasteiger partial charge in [-0.3, -0.25) is 9.59 Å². The fourth-order valence-electron chi connectivity index (χ4n) is 1.40. The number of hydrogen-bond acceptors (Lipinski definition) is 4. The molecule has 0 aliphatic heterocycles. The number of ether oxygens (including phenoxy) is 1. The van der Waals surface area contributed by atoms with E-state index in [1.165, 1.54) is 11.3 Å². The first-order chi connectivity index (χ1) is 9.11. The van der Waals surface area contributed by atoms with Gasteiger partial charge in [0.15, 0.2) is 0 Å². The minimum absolute atomic E-state index is 0.0622. The van der Waals surface area contributed by atoms with Gasteiger partial charge < -0.3 is 10.1 Å². The molecule has 19 heavy (non-hydrogen) atoms. The molecule has 0 unspecified atom stereocenters. The van der Waals surface area contributed by atoms with Crippen LogP contribution in [0.25, 0.3) is 0 Å². The summed E-state index contributed by atoms with van der Waals surface area (Å²) in [5.74, 6) is -0.333. The van der Waals surface area contributed by atoms with Crippen LogP contribution in [0.3, 0.4) is 0 Å². The minimum Gasteiger partial charge on any atom is -0.466 e. The van der Waals surface area contributed by atoms with Gasteiger partial charge in [-0.05, 0) is 25.0 Å². The number of carbonyl (C=O) groups excluding carboxylic acids is 2. The Morgan fingerprint density at radius 1 is 1.37 bits per heavy atom. The van der Waals surface area contributed by atoms with E-state index in [0.29, 0.717) is 26.0 Å². The maximum Gasteiger partial charge on any atom is 0.307 e. The van der Waals surface area contributed by atoms with Gasteiger partial charge in [0, 0.05) is 17.8 Å². The number of nitrogens with one attached hydrogen (secondary N) is 1. The molecule has 1 rings (SSSR count). The number of hydrogen-bond donors (Lipinski definition) is 1. The second-order valence-electron chi connectivity index (χ2n) is 4.03. The Kier molecular flexibility index (Phi) is 7.52. The predicted octanol–water partition coefficient (Wildman–Crippen LogP) is 2.79. The second kappa shape index (κ2) is 8.93. The SMILES string of the molecule is CCCOC(=O)CCNC(=O)CCc1ccc(Cl)s1. The molecule has 1 aromatic rings. The molecular weight excluding hydrogens is 286 g/mol. The van der Waals surface area contributed by atoms with Crippen LogP contribution in [0.2, 0.25) is 4.34 Å². The maximum absolute atomic E-state index is 11.5. The van der Waals surface area contributed by atoms with Gasteiger partial charge in [0.1, 0.15) is 0 Å². The van der Waals surface area contributed by atoms with Crippen LogP contribution in [0.4, 0.5) is 0 Å². The summed E-state index contributed by atoms with van der Waals surface area (Å²) >= 11 is 7.28. The van der Waals surface area contributed by atoms with Crippen molar-refractivity contribution in [3.8, 4) is 0 Å². The number of thiophene rings is 1. The molecule has 0 spiro atoms. The normalized spacial score (nSPS) is 10.2. The lowest BCUT2D eigenvalue weighted by Crippen LogP contribution is -2.26. The molecule has 1 aromatic heterocycles. The van der Waals surface area contributed by atoms with Gasteiger partial charge in [0.05, 0.1) is 17.4 Å². The highest BCUT2D eigenvalue weighted by Gasteiger charge is 2.06. The van der Waals surface area contributed by atoms with Crippen molar-refractivity contribution in [2.45, 2.75) is 32.6 Å². The van der Waals surface area contributed by atoms with Crippen molar-refractivity contribution in [1.82, 2.24) is 5.32 Å². The van der Waals surface area contributed by atoms with Crippen LogP contribution >= 0.6 is 22.9 Å². The van der Waals surface area contributed by atoms with Crippen LogP contribution in [-0.4, -0.2) is 25.0 Å². The van der Waals surface area contributed by atoms with Crippen molar-refractivity contribution >= 4 is 34.8 Å². The first-order valence-corrected chi connectivity index (χ1v) is 7.47. The molecule has 0 saturated heterocycles. The molecule has 106 valence electrons. The van der Waals surface area contributed by atoms with Gasteiger partial charge in [-0.2, -0.15) is 0 Å². The Bertz CT molecular complexity index is 420. The monoisotopic (exact) mass is 303 g/mol. The molecule has 0 aromatic carbocycles. The van der Waals surface area contributed by atoms with Crippen molar-refractivity contribution in [3.05, 3.63) is 21.3 Å². The number of carbonyl (C=O) groups is 2. The van der Waals surface area contributed by atoms with Gasteiger partial charge in [0.2, 0.25) is 5.91 Å². The zero-order valence-corrected chi connectivity index (χ0v) is 12.5. The standard InChI is InChI=1S/C13H18ClNO3S/c1-2-9-18-13(17)7-8-15-12(16)6-4-10-3-5-11(14)19-10/h3,5H,2,4,6-9H2,1H3,(H,15,16). The largest absolute Gasteiger partial charge is 0.466 e. The van der Waals surface area contributed by atoms with E-state index in [-0.39, 0.29) is 18.3 Å². The zero-order chi connectivity index (χ0) is 14.1. The molecule has 0 aliphatic carbocycles. The Hall–Kier alpha value is -1.07. The van der Waals surface area contributed by atoms with E-state index < -0.39 is 0 Å². The molecule has 0 fully saturated rings. The van der Waals surface area contributed by atoms with Crippen LogP contribution in [0.15, 0.2) is 12.1 Å². The summed E-state index contributed by atoms with van der Waals surface area (Å²) in [6.07, 6.45) is 2.10. The van der Waals surface area contributed by atoms with Gasteiger partial charge >= 0.3 is 5.97 Å². The molecule has 4 nitrogen and oxygen atoms in total. The van der Waals surface area contributed by atoms with E-state index in [1.807, 2.05) is 19.1 Å². The highest BCUT2D eigenvalue weighted by molar-refractivity contribution is 7.16. The summed E-state index contributed by atoms with van der Waals surface area (Å²) in [6.45, 7) is 2.70. The van der Waals surface area contributed by atoms with E-state index in [9.17, 15) is 9.59 Å². The van der Waals surface area contributed by atoms with Crippen molar-refractivity contribution in [3.63, 3.8) is 0 Å². The molecule has 0 aliphatic rings. The molecule has 0 bridgehead atoms. The molecular formula is C13H18ClNO3S. The third-order valence-corrected chi connectivity index (χ3v) is 3.64. The number of amides is 1. The fraction of sp³-hybridized carbons (Fsp3) is 0.538. The second-order valence-corrected chi connectivity index (χ2v) is 5.83. The van der Waals surface area contributed by atoms with Crippen LogP contribution in [0, 0.1) is 0 Å². The predicted molar refractivity (Wildman–Crippen MR) is 76.5 cm³/mol. The number of rotatable bonds is 8. The van der Waals surface area contributed by atoms with E-state index in [2.05, 4.69) is 5.32 Å². The van der Waals surface area contributed by atoms with Gasteiger partial charge in [-0.25, -0.2) is 0 Å². The van der Waals surface area contributed by atoms with Crippen molar-refractivity contribution in [2.24, 2.45) is 0 Å². The molecule has 0 saturated carbocycles. The summed E-state index contributed by atoms with van der Waals surface area (Å²) in [6, 6.07) is 3.74. The number of halogens is 1. The Balaban J connectivity index is 2.09. The Morgan fingerprint density at radius 3 is 2.79 bits per heavy atom. The molecule has 1 heterocycles. The van der Waals surface area contributed by atoms with Crippen LogP contribution in [0.1, 0.15) is 31.1 Å². The maximum atomic E-state index is 11.5. The summed E-state index contributed by atoms with van der Waals surface area (Å²) < 4.78 is 5.63.